The molecule has 1 aromatic carbocycles. The van der Waals surface area contributed by atoms with Crippen molar-refractivity contribution in [1.29, 1.82) is 0 Å². The van der Waals surface area contributed by atoms with Gasteiger partial charge in [0.25, 0.3) is 0 Å². The smallest absolute Gasteiger partial charge is 0.163 e. The summed E-state index contributed by atoms with van der Waals surface area (Å²) in [6, 6.07) is 5.78. The number of nitrogens with zero attached hydrogens (tertiary/aromatic N) is 5. The molecule has 2 aliphatic rings. The molecule has 5 rings (SSSR count). The molecule has 1 aliphatic carbocycles. The van der Waals surface area contributed by atoms with E-state index in [4.69, 9.17) is 41.6 Å². The molecular weight excluding hydrogens is 528 g/mol. The molecule has 0 amide bonds. The maximum atomic E-state index is 10.1. The minimum Gasteiger partial charge on any atom is -0.491 e. The van der Waals surface area contributed by atoms with E-state index in [0.29, 0.717) is 53.5 Å². The van der Waals surface area contributed by atoms with Crippen LogP contribution >= 0.6 is 11.6 Å². The number of aliphatic hydroxyl groups is 1. The summed E-state index contributed by atoms with van der Waals surface area (Å²) in [5.41, 5.74) is 12.1. The van der Waals surface area contributed by atoms with Crippen LogP contribution in [-0.2, 0) is 0 Å². The lowest BCUT2D eigenvalue weighted by molar-refractivity contribution is 0.0994. The Morgan fingerprint density at radius 1 is 1.25 bits per heavy atom. The number of rotatable bonds is 10. The summed E-state index contributed by atoms with van der Waals surface area (Å²) in [7, 11) is 0. The van der Waals surface area contributed by atoms with Crippen molar-refractivity contribution in [2.45, 2.75) is 71.9 Å². The van der Waals surface area contributed by atoms with Crippen LogP contribution in [0.2, 0.25) is 5.02 Å². The number of halogens is 1. The number of hydrogen-bond donors (Lipinski definition) is 2. The van der Waals surface area contributed by atoms with E-state index in [2.05, 4.69) is 10.1 Å². The molecule has 1 saturated carbocycles. The van der Waals surface area contributed by atoms with Gasteiger partial charge in [-0.1, -0.05) is 30.1 Å². The summed E-state index contributed by atoms with van der Waals surface area (Å²) < 4.78 is 11.4. The van der Waals surface area contributed by atoms with Crippen molar-refractivity contribution >= 4 is 23.6 Å². The zero-order valence-corrected chi connectivity index (χ0v) is 24.3. The predicted molar refractivity (Wildman–Crippen MR) is 158 cm³/mol. The second kappa shape index (κ2) is 12.0. The number of hydrogen-bond acceptors (Lipinski definition) is 9. The molecule has 40 heavy (non-hydrogen) atoms. The minimum absolute atomic E-state index is 0.198. The number of aromatic nitrogens is 3. The fourth-order valence-electron chi connectivity index (χ4n) is 5.05. The third kappa shape index (κ3) is 5.86. The Hall–Kier alpha value is -3.43. The monoisotopic (exact) mass is 564 g/mol. The molecule has 0 spiro atoms. The number of nitrogens with two attached hydrogens (primary N) is 1. The second-order valence-corrected chi connectivity index (χ2v) is 11.1. The first-order valence-electron chi connectivity index (χ1n) is 13.9. The van der Waals surface area contributed by atoms with Crippen LogP contribution in [0, 0.1) is 20.8 Å². The average molecular weight is 565 g/mol. The number of benzene rings is 1. The van der Waals surface area contributed by atoms with Gasteiger partial charge in [0.05, 0.1) is 34.6 Å². The highest BCUT2D eigenvalue weighted by Gasteiger charge is 2.27. The zero-order valence-electron chi connectivity index (χ0n) is 23.6. The Bertz CT molecular complexity index is 1430. The number of aliphatic imine (C=N–C) groups is 1. The second-order valence-electron chi connectivity index (χ2n) is 10.7. The van der Waals surface area contributed by atoms with Crippen molar-refractivity contribution in [3.8, 4) is 28.4 Å². The Kier molecular flexibility index (Phi) is 8.42. The van der Waals surface area contributed by atoms with E-state index in [0.717, 1.165) is 58.9 Å². The van der Waals surface area contributed by atoms with E-state index < -0.39 is 6.10 Å². The third-order valence-electron chi connectivity index (χ3n) is 7.58. The van der Waals surface area contributed by atoms with Gasteiger partial charge >= 0.3 is 0 Å². The molecule has 0 unspecified atom stereocenters. The first-order chi connectivity index (χ1) is 19.2. The van der Waals surface area contributed by atoms with Crippen LogP contribution < -0.4 is 15.4 Å². The largest absolute Gasteiger partial charge is 0.491 e. The van der Waals surface area contributed by atoms with E-state index in [1.165, 1.54) is 6.42 Å². The van der Waals surface area contributed by atoms with Crippen molar-refractivity contribution in [1.82, 2.24) is 15.1 Å². The summed E-state index contributed by atoms with van der Waals surface area (Å²) in [4.78, 5) is 16.9. The Labute approximate surface area is 240 Å². The fourth-order valence-corrected chi connectivity index (χ4v) is 5.25. The highest BCUT2D eigenvalue weighted by atomic mass is 35.5. The molecule has 0 radical (unpaired) electrons. The topological polar surface area (TPSA) is 123 Å². The molecule has 0 saturated heterocycles. The summed E-state index contributed by atoms with van der Waals surface area (Å²) >= 11 is 6.70. The molecule has 0 bridgehead atoms. The van der Waals surface area contributed by atoms with Gasteiger partial charge < -0.3 is 25.0 Å². The zero-order chi connectivity index (χ0) is 28.4. The molecule has 3 N–H and O–H groups in total. The van der Waals surface area contributed by atoms with Crippen LogP contribution in [0.1, 0.15) is 56.0 Å². The van der Waals surface area contributed by atoms with Crippen LogP contribution in [0.5, 0.6) is 5.75 Å². The van der Waals surface area contributed by atoms with E-state index in [-0.39, 0.29) is 6.61 Å². The van der Waals surface area contributed by atoms with Gasteiger partial charge in [0.2, 0.25) is 0 Å². The van der Waals surface area contributed by atoms with Crippen molar-refractivity contribution < 1.29 is 14.4 Å². The summed E-state index contributed by atoms with van der Waals surface area (Å²) in [6.45, 7) is 9.16. The Morgan fingerprint density at radius 3 is 2.73 bits per heavy atom. The van der Waals surface area contributed by atoms with Crippen LogP contribution in [0.3, 0.4) is 0 Å². The lowest BCUT2D eigenvalue weighted by Crippen LogP contribution is -2.25. The maximum Gasteiger partial charge on any atom is 0.163 e. The van der Waals surface area contributed by atoms with Gasteiger partial charge in [0.15, 0.2) is 5.82 Å². The molecule has 1 fully saturated rings. The summed E-state index contributed by atoms with van der Waals surface area (Å²) in [5.74, 6) is 2.48. The molecular formula is C30H37ClN6O3. The van der Waals surface area contributed by atoms with Crippen molar-refractivity contribution in [2.24, 2.45) is 10.7 Å². The van der Waals surface area contributed by atoms with Gasteiger partial charge in [0, 0.05) is 41.2 Å². The molecule has 212 valence electrons. The number of anilines is 1. The summed E-state index contributed by atoms with van der Waals surface area (Å²) in [6.07, 6.45) is 6.48. The van der Waals surface area contributed by atoms with Gasteiger partial charge in [-0.25, -0.2) is 9.97 Å². The Balaban J connectivity index is 1.54. The van der Waals surface area contributed by atoms with E-state index >= 15 is 0 Å². The van der Waals surface area contributed by atoms with E-state index in [9.17, 15) is 5.11 Å². The Morgan fingerprint density at radius 2 is 2.05 bits per heavy atom. The first kappa shape index (κ1) is 28.1. The highest BCUT2D eigenvalue weighted by Crippen LogP contribution is 2.38. The van der Waals surface area contributed by atoms with Crippen molar-refractivity contribution in [3.05, 3.63) is 51.5 Å². The van der Waals surface area contributed by atoms with Crippen LogP contribution in [0.4, 0.5) is 5.82 Å². The van der Waals surface area contributed by atoms with Gasteiger partial charge in [-0.15, -0.1) is 0 Å². The minimum atomic E-state index is -0.535. The number of aryl methyl sites for hydroxylation is 2. The lowest BCUT2D eigenvalue weighted by Gasteiger charge is -2.23. The summed E-state index contributed by atoms with van der Waals surface area (Å²) in [5, 5.41) is 14.8. The molecule has 3 aromatic rings. The van der Waals surface area contributed by atoms with Crippen molar-refractivity contribution in [3.63, 3.8) is 0 Å². The van der Waals surface area contributed by atoms with E-state index in [1.807, 2.05) is 40.0 Å². The highest BCUT2D eigenvalue weighted by molar-refractivity contribution is 6.33. The molecule has 9 nitrogen and oxygen atoms in total. The SMILES string of the molecule is CCC[C@@H](O)COc1ccc(Cl)c(-c2nc(-c3c(C)noc3C)c(C)c(N3CC(N)=C(C=NC4CCC4)C3)n2)c1. The quantitative estimate of drug-likeness (QED) is 0.306. The molecule has 10 heteroatoms. The normalized spacial score (nSPS) is 16.7. The lowest BCUT2D eigenvalue weighted by atomic mass is 9.94. The molecule has 3 heterocycles. The predicted octanol–water partition coefficient (Wildman–Crippen LogP) is 5.57. The first-order valence-corrected chi connectivity index (χ1v) is 14.3. The van der Waals surface area contributed by atoms with Gasteiger partial charge in [0.1, 0.15) is 23.9 Å². The standard InChI is InChI=1S/C30H37ClN6O3/c1-5-7-22(38)16-39-23-10-11-25(31)24(12-23)29-34-28(27-18(3)36-40-19(27)4)17(2)30(35-29)37-14-20(26(32)15-37)13-33-21-8-6-9-21/h10-13,21-22,38H,5-9,14-16,32H2,1-4H3/t22-/m1/s1. The third-order valence-corrected chi connectivity index (χ3v) is 7.91. The molecule has 1 atom stereocenters. The maximum absolute atomic E-state index is 10.1. The van der Waals surface area contributed by atoms with E-state index in [1.54, 1.807) is 12.1 Å². The van der Waals surface area contributed by atoms with Gasteiger partial charge in [-0.3, -0.25) is 4.99 Å². The molecule has 1 aliphatic heterocycles. The van der Waals surface area contributed by atoms with Gasteiger partial charge in [-0.05, 0) is 64.7 Å². The fraction of sp³-hybridized carbons (Fsp3) is 0.467. The van der Waals surface area contributed by atoms with Crippen molar-refractivity contribution in [2.75, 3.05) is 24.6 Å². The molecule has 2 aromatic heterocycles. The number of aliphatic hydroxyl groups excluding tert-OH is 1. The van der Waals surface area contributed by atoms with Crippen LogP contribution in [-0.4, -0.2) is 58.3 Å². The van der Waals surface area contributed by atoms with Crippen LogP contribution in [0.25, 0.3) is 22.6 Å². The van der Waals surface area contributed by atoms with Crippen LogP contribution in [0.15, 0.2) is 39.0 Å². The number of ether oxygens (including phenoxy) is 1. The average Bonchev–Trinajstić information content (AvgIpc) is 3.43. The van der Waals surface area contributed by atoms with Gasteiger partial charge in [-0.2, -0.15) is 0 Å².